The number of rotatable bonds is 5. The van der Waals surface area contributed by atoms with Crippen LogP contribution >= 0.6 is 0 Å². The molecule has 9 heteroatoms. The van der Waals surface area contributed by atoms with Crippen molar-refractivity contribution in [2.24, 2.45) is 0 Å². The summed E-state index contributed by atoms with van der Waals surface area (Å²) in [4.78, 5) is 15.2. The number of halogens is 5. The molecule has 0 amide bonds. The molecule has 4 nitrogen and oxygen atoms in total. The van der Waals surface area contributed by atoms with Crippen LogP contribution in [0.15, 0.2) is 41.3 Å². The van der Waals surface area contributed by atoms with Gasteiger partial charge in [-0.1, -0.05) is 6.92 Å². The maximum atomic E-state index is 13.7. The van der Waals surface area contributed by atoms with Gasteiger partial charge in [-0.2, -0.15) is 9.37 Å². The second-order valence-corrected chi connectivity index (χ2v) is 6.00. The minimum Gasteiger partial charge on any atom is -0.325 e. The van der Waals surface area contributed by atoms with E-state index >= 15 is 0 Å². The van der Waals surface area contributed by atoms with Crippen LogP contribution in [0.1, 0.15) is 18.1 Å². The van der Waals surface area contributed by atoms with Crippen LogP contribution in [0.4, 0.5) is 33.6 Å². The lowest BCUT2D eigenvalue weighted by Crippen LogP contribution is -2.20. The molecule has 0 fully saturated rings. The average Bonchev–Trinajstić information content (AvgIpc) is 2.65. The Morgan fingerprint density at radius 2 is 1.68 bits per heavy atom. The van der Waals surface area contributed by atoms with Crippen LogP contribution in [-0.4, -0.2) is 9.55 Å². The summed E-state index contributed by atoms with van der Waals surface area (Å²) in [6, 6.07) is 5.42. The zero-order chi connectivity index (χ0) is 20.4. The van der Waals surface area contributed by atoms with Crippen LogP contribution in [0.2, 0.25) is 0 Å². The minimum atomic E-state index is -1.62. The molecule has 0 saturated carbocycles. The standard InChI is InChI=1S/C19H14F5N3O/c1-2-11-7-12(20)3-4-16(11)25-19-26-18(28)15(23)9-27(19)8-10-5-13(21)17(24)14(22)6-10/h3-7,9H,2,8H2,1H3,(H,25,26,28). The number of hydrogen-bond donors (Lipinski definition) is 1. The largest absolute Gasteiger partial charge is 0.325 e. The van der Waals surface area contributed by atoms with Gasteiger partial charge in [0.25, 0.3) is 0 Å². The van der Waals surface area contributed by atoms with Gasteiger partial charge in [-0.15, -0.1) is 0 Å². The normalized spacial score (nSPS) is 10.9. The van der Waals surface area contributed by atoms with Crippen LogP contribution in [0.3, 0.4) is 0 Å². The van der Waals surface area contributed by atoms with Gasteiger partial charge in [-0.25, -0.2) is 17.6 Å². The molecular formula is C19H14F5N3O. The average molecular weight is 395 g/mol. The summed E-state index contributed by atoms with van der Waals surface area (Å²) in [5.74, 6) is -6.17. The van der Waals surface area contributed by atoms with Crippen LogP contribution in [0.5, 0.6) is 0 Å². The Morgan fingerprint density at radius 3 is 2.32 bits per heavy atom. The van der Waals surface area contributed by atoms with Crippen molar-refractivity contribution in [3.8, 4) is 0 Å². The first-order valence-electron chi connectivity index (χ1n) is 8.24. The number of benzene rings is 2. The third kappa shape index (κ3) is 4.03. The Bertz CT molecular complexity index is 1070. The Kier molecular flexibility index (Phi) is 5.43. The molecule has 1 N–H and O–H groups in total. The van der Waals surface area contributed by atoms with Crippen LogP contribution in [0, 0.1) is 29.1 Å². The highest BCUT2D eigenvalue weighted by Crippen LogP contribution is 2.22. The molecule has 2 aromatic carbocycles. The molecular weight excluding hydrogens is 381 g/mol. The van der Waals surface area contributed by atoms with Crippen molar-refractivity contribution in [2.75, 3.05) is 5.32 Å². The third-order valence-electron chi connectivity index (χ3n) is 4.04. The number of aryl methyl sites for hydroxylation is 1. The first-order valence-corrected chi connectivity index (χ1v) is 8.24. The minimum absolute atomic E-state index is 0.0147. The second-order valence-electron chi connectivity index (χ2n) is 6.00. The molecule has 0 aliphatic rings. The molecule has 0 atom stereocenters. The van der Waals surface area contributed by atoms with E-state index in [-0.39, 0.29) is 18.1 Å². The lowest BCUT2D eigenvalue weighted by Gasteiger charge is -2.16. The highest BCUT2D eigenvalue weighted by atomic mass is 19.2. The summed E-state index contributed by atoms with van der Waals surface area (Å²) >= 11 is 0. The summed E-state index contributed by atoms with van der Waals surface area (Å²) in [6.45, 7) is 1.48. The summed E-state index contributed by atoms with van der Waals surface area (Å²) in [5.41, 5.74) is -0.161. The number of aromatic nitrogens is 2. The quantitative estimate of drug-likeness (QED) is 0.518. The van der Waals surface area contributed by atoms with E-state index in [0.29, 0.717) is 17.7 Å². The molecule has 0 spiro atoms. The predicted octanol–water partition coefficient (Wildman–Crippen LogP) is 4.29. The van der Waals surface area contributed by atoms with Crippen LogP contribution < -0.4 is 10.9 Å². The van der Waals surface area contributed by atoms with Crippen molar-refractivity contribution < 1.29 is 22.0 Å². The van der Waals surface area contributed by atoms with E-state index < -0.39 is 34.6 Å². The molecule has 146 valence electrons. The van der Waals surface area contributed by atoms with Gasteiger partial charge in [0.1, 0.15) is 5.82 Å². The molecule has 28 heavy (non-hydrogen) atoms. The zero-order valence-corrected chi connectivity index (χ0v) is 14.6. The lowest BCUT2D eigenvalue weighted by molar-refractivity contribution is 0.444. The number of hydrogen-bond acceptors (Lipinski definition) is 3. The molecule has 3 aromatic rings. The highest BCUT2D eigenvalue weighted by Gasteiger charge is 2.14. The van der Waals surface area contributed by atoms with Crippen LogP contribution in [0.25, 0.3) is 0 Å². The Hall–Kier alpha value is -3.23. The fourth-order valence-electron chi connectivity index (χ4n) is 2.68. The highest BCUT2D eigenvalue weighted by molar-refractivity contribution is 5.58. The Balaban J connectivity index is 2.03. The van der Waals surface area contributed by atoms with Crippen molar-refractivity contribution in [2.45, 2.75) is 19.9 Å². The molecule has 0 saturated heterocycles. The number of nitrogens with zero attached hydrogens (tertiary/aromatic N) is 2. The summed E-state index contributed by atoms with van der Waals surface area (Å²) < 4.78 is 68.3. The smallest absolute Gasteiger partial charge is 0.310 e. The molecule has 1 aromatic heterocycles. The zero-order valence-electron chi connectivity index (χ0n) is 14.6. The van der Waals surface area contributed by atoms with E-state index in [4.69, 9.17) is 0 Å². The molecule has 0 bridgehead atoms. The van der Waals surface area contributed by atoms with E-state index in [1.54, 1.807) is 6.92 Å². The fourth-order valence-corrected chi connectivity index (χ4v) is 2.68. The first kappa shape index (κ1) is 19.5. The van der Waals surface area contributed by atoms with E-state index in [1.807, 2.05) is 0 Å². The SMILES string of the molecule is CCc1cc(F)ccc1Nc1nc(=O)c(F)cn1Cc1cc(F)c(F)c(F)c1. The Labute approximate surface area is 156 Å². The third-order valence-corrected chi connectivity index (χ3v) is 4.04. The van der Waals surface area contributed by atoms with Gasteiger partial charge >= 0.3 is 5.56 Å². The van der Waals surface area contributed by atoms with Gasteiger partial charge in [-0.05, 0) is 47.9 Å². The van der Waals surface area contributed by atoms with Gasteiger partial charge < -0.3 is 9.88 Å². The Morgan fingerprint density at radius 1 is 1.00 bits per heavy atom. The van der Waals surface area contributed by atoms with E-state index in [9.17, 15) is 26.7 Å². The lowest BCUT2D eigenvalue weighted by atomic mass is 10.1. The molecule has 0 radical (unpaired) electrons. The molecule has 1 heterocycles. The number of nitrogens with one attached hydrogen (secondary N) is 1. The van der Waals surface area contributed by atoms with Crippen molar-refractivity contribution in [1.29, 1.82) is 0 Å². The number of anilines is 2. The maximum Gasteiger partial charge on any atom is 0.310 e. The molecule has 3 rings (SSSR count). The topological polar surface area (TPSA) is 46.9 Å². The van der Waals surface area contributed by atoms with Gasteiger partial charge in [0.2, 0.25) is 11.8 Å². The molecule has 0 aliphatic heterocycles. The van der Waals surface area contributed by atoms with E-state index in [2.05, 4.69) is 10.3 Å². The van der Waals surface area contributed by atoms with Crippen molar-refractivity contribution in [3.05, 3.63) is 87.1 Å². The van der Waals surface area contributed by atoms with Crippen molar-refractivity contribution >= 4 is 11.6 Å². The summed E-state index contributed by atoms with van der Waals surface area (Å²) in [6.07, 6.45) is 1.27. The van der Waals surface area contributed by atoms with Crippen molar-refractivity contribution in [3.63, 3.8) is 0 Å². The summed E-state index contributed by atoms with van der Waals surface area (Å²) in [5, 5.41) is 2.81. The second kappa shape index (κ2) is 7.79. The van der Waals surface area contributed by atoms with Crippen molar-refractivity contribution in [1.82, 2.24) is 9.55 Å². The fraction of sp³-hybridized carbons (Fsp3) is 0.158. The monoisotopic (exact) mass is 395 g/mol. The van der Waals surface area contributed by atoms with E-state index in [1.165, 1.54) is 18.2 Å². The van der Waals surface area contributed by atoms with Gasteiger partial charge in [-0.3, -0.25) is 4.79 Å². The summed E-state index contributed by atoms with van der Waals surface area (Å²) in [7, 11) is 0. The predicted molar refractivity (Wildman–Crippen MR) is 92.9 cm³/mol. The van der Waals surface area contributed by atoms with E-state index in [0.717, 1.165) is 22.9 Å². The van der Waals surface area contributed by atoms with Gasteiger partial charge in [0.05, 0.1) is 6.54 Å². The molecule has 0 unspecified atom stereocenters. The van der Waals surface area contributed by atoms with Gasteiger partial charge in [0, 0.05) is 11.9 Å². The first-order chi connectivity index (χ1) is 13.3. The molecule has 0 aliphatic carbocycles. The van der Waals surface area contributed by atoms with Crippen LogP contribution in [-0.2, 0) is 13.0 Å². The van der Waals surface area contributed by atoms with Gasteiger partial charge in [0.15, 0.2) is 17.5 Å². The maximum absolute atomic E-state index is 13.7.